The molecule has 0 aliphatic carbocycles. The second kappa shape index (κ2) is 13.8. The van der Waals surface area contributed by atoms with Crippen LogP contribution in [-0.4, -0.2) is 50.0 Å². The minimum Gasteiger partial charge on any atom is -0.352 e. The van der Waals surface area contributed by atoms with E-state index in [1.807, 2.05) is 71.0 Å². The fourth-order valence-corrected chi connectivity index (χ4v) is 5.41. The van der Waals surface area contributed by atoms with Crippen LogP contribution in [0.4, 0.5) is 5.69 Å². The van der Waals surface area contributed by atoms with Gasteiger partial charge in [0.2, 0.25) is 21.8 Å². The lowest BCUT2D eigenvalue weighted by atomic mass is 10.1. The summed E-state index contributed by atoms with van der Waals surface area (Å²) in [7, 11) is -3.55. The molecule has 0 radical (unpaired) electrons. The fourth-order valence-electron chi connectivity index (χ4n) is 4.27. The van der Waals surface area contributed by atoms with Crippen LogP contribution in [0.5, 0.6) is 0 Å². The molecule has 2 rings (SSSR count). The predicted octanol–water partition coefficient (Wildman–Crippen LogP) is 5.23. The summed E-state index contributed by atoms with van der Waals surface area (Å²) in [4.78, 5) is 28.2. The molecule has 37 heavy (non-hydrogen) atoms. The Morgan fingerprint density at radius 3 is 2.19 bits per heavy atom. The van der Waals surface area contributed by atoms with Crippen molar-refractivity contribution >= 4 is 39.1 Å². The molecule has 0 aliphatic heterocycles. The van der Waals surface area contributed by atoms with Gasteiger partial charge in [0.25, 0.3) is 0 Å². The van der Waals surface area contributed by atoms with E-state index in [0.29, 0.717) is 23.6 Å². The monoisotopic (exact) mass is 549 g/mol. The summed E-state index contributed by atoms with van der Waals surface area (Å²) in [5.74, 6) is -0.426. The number of hydrogen-bond donors (Lipinski definition) is 1. The van der Waals surface area contributed by atoms with Gasteiger partial charge in [-0.25, -0.2) is 8.42 Å². The number of carbonyl (C=O) groups is 2. The Hall–Kier alpha value is -2.58. The van der Waals surface area contributed by atoms with Gasteiger partial charge >= 0.3 is 0 Å². The van der Waals surface area contributed by atoms with E-state index < -0.39 is 16.1 Å². The topological polar surface area (TPSA) is 86.8 Å². The molecule has 2 aromatic carbocycles. The summed E-state index contributed by atoms with van der Waals surface area (Å²) >= 11 is 6.38. The number of amides is 2. The van der Waals surface area contributed by atoms with Crippen LogP contribution < -0.4 is 9.62 Å². The highest BCUT2D eigenvalue weighted by atomic mass is 35.5. The van der Waals surface area contributed by atoms with Gasteiger partial charge in [-0.15, -0.1) is 0 Å². The van der Waals surface area contributed by atoms with Crippen LogP contribution in [0.2, 0.25) is 5.02 Å². The number of aryl methyl sites for hydroxylation is 2. The first kappa shape index (κ1) is 30.6. The second-order valence-corrected chi connectivity index (χ2v) is 12.0. The van der Waals surface area contributed by atoms with Crippen LogP contribution in [-0.2, 0) is 26.2 Å². The number of rotatable bonds is 13. The molecule has 0 saturated carbocycles. The molecule has 9 heteroatoms. The lowest BCUT2D eigenvalue weighted by Crippen LogP contribution is -2.50. The highest BCUT2D eigenvalue weighted by molar-refractivity contribution is 7.92. The first-order valence-electron chi connectivity index (χ1n) is 12.8. The van der Waals surface area contributed by atoms with E-state index in [1.54, 1.807) is 11.0 Å². The summed E-state index contributed by atoms with van der Waals surface area (Å²) in [5, 5.41) is 3.51. The van der Waals surface area contributed by atoms with Crippen LogP contribution in [0.1, 0.15) is 63.1 Å². The number of hydrogen-bond acceptors (Lipinski definition) is 4. The van der Waals surface area contributed by atoms with Crippen molar-refractivity contribution in [3.63, 3.8) is 0 Å². The number of nitrogens with one attached hydrogen (secondary N) is 1. The predicted molar refractivity (Wildman–Crippen MR) is 151 cm³/mol. The van der Waals surface area contributed by atoms with Crippen molar-refractivity contribution < 1.29 is 18.0 Å². The van der Waals surface area contributed by atoms with Gasteiger partial charge in [0.15, 0.2) is 0 Å². The number of carbonyl (C=O) groups excluding carboxylic acids is 2. The van der Waals surface area contributed by atoms with Crippen LogP contribution in [0.3, 0.4) is 0 Å². The van der Waals surface area contributed by atoms with E-state index in [9.17, 15) is 18.0 Å². The largest absolute Gasteiger partial charge is 0.352 e. The SMILES string of the molecule is CC[C@H](C)NC(=O)[C@H](CC)N(Cc1ccccc1Cl)C(=O)CCCN(c1cc(C)cc(C)c1)S(C)(=O)=O. The van der Waals surface area contributed by atoms with Crippen LogP contribution in [0.25, 0.3) is 0 Å². The third-order valence-corrected chi connectivity index (χ3v) is 7.89. The van der Waals surface area contributed by atoms with Crippen molar-refractivity contribution in [2.75, 3.05) is 17.1 Å². The molecule has 7 nitrogen and oxygen atoms in total. The zero-order valence-electron chi connectivity index (χ0n) is 22.8. The maximum absolute atomic E-state index is 13.5. The average Bonchev–Trinajstić information content (AvgIpc) is 2.81. The number of halogens is 1. The summed E-state index contributed by atoms with van der Waals surface area (Å²) in [6.07, 6.45) is 2.79. The Labute approximate surface area is 227 Å². The van der Waals surface area contributed by atoms with Gasteiger partial charge in [-0.05, 0) is 74.9 Å². The van der Waals surface area contributed by atoms with Gasteiger partial charge in [0, 0.05) is 30.6 Å². The van der Waals surface area contributed by atoms with Gasteiger partial charge in [0.05, 0.1) is 11.9 Å². The number of anilines is 1. The first-order valence-corrected chi connectivity index (χ1v) is 15.0. The summed E-state index contributed by atoms with van der Waals surface area (Å²) < 4.78 is 26.5. The van der Waals surface area contributed by atoms with E-state index in [1.165, 1.54) is 10.6 Å². The summed E-state index contributed by atoms with van der Waals surface area (Å²) in [6, 6.07) is 12.2. The van der Waals surface area contributed by atoms with Crippen molar-refractivity contribution in [1.29, 1.82) is 0 Å². The molecule has 0 saturated heterocycles. The second-order valence-electron chi connectivity index (χ2n) is 9.64. The minimum absolute atomic E-state index is 0.0140. The van der Waals surface area contributed by atoms with Gasteiger partial charge < -0.3 is 10.2 Å². The Kier molecular flexibility index (Phi) is 11.4. The fraction of sp³-hybridized carbons (Fsp3) is 0.500. The Morgan fingerprint density at radius 2 is 1.65 bits per heavy atom. The molecule has 0 spiro atoms. The molecule has 0 aliphatic rings. The Morgan fingerprint density at radius 1 is 1.03 bits per heavy atom. The molecular weight excluding hydrogens is 510 g/mol. The van der Waals surface area contributed by atoms with Crippen molar-refractivity contribution in [3.05, 3.63) is 64.2 Å². The third-order valence-electron chi connectivity index (χ3n) is 6.33. The number of benzene rings is 2. The van der Waals surface area contributed by atoms with Crippen molar-refractivity contribution in [1.82, 2.24) is 10.2 Å². The van der Waals surface area contributed by atoms with Crippen LogP contribution in [0, 0.1) is 13.8 Å². The molecule has 2 aromatic rings. The van der Waals surface area contributed by atoms with E-state index in [4.69, 9.17) is 11.6 Å². The molecule has 0 heterocycles. The third kappa shape index (κ3) is 9.04. The highest BCUT2D eigenvalue weighted by Crippen LogP contribution is 2.23. The Bertz CT molecular complexity index is 1170. The lowest BCUT2D eigenvalue weighted by molar-refractivity contribution is -0.141. The van der Waals surface area contributed by atoms with E-state index in [0.717, 1.165) is 23.1 Å². The lowest BCUT2D eigenvalue weighted by Gasteiger charge is -2.32. The molecular formula is C28H40ClN3O4S. The van der Waals surface area contributed by atoms with Gasteiger partial charge in [-0.1, -0.05) is 49.7 Å². The van der Waals surface area contributed by atoms with Crippen molar-refractivity contribution in [3.8, 4) is 0 Å². The molecule has 204 valence electrons. The molecule has 1 N–H and O–H groups in total. The van der Waals surface area contributed by atoms with E-state index in [2.05, 4.69) is 5.32 Å². The standard InChI is InChI=1S/C28H40ClN3O4S/c1-7-22(5)30-28(34)26(8-2)31(19-23-12-9-10-13-25(23)29)27(33)14-11-15-32(37(6,35)36)24-17-20(3)16-21(4)18-24/h9-10,12-13,16-18,22,26H,7-8,11,14-15,19H2,1-6H3,(H,30,34)/t22-,26-/m0/s1. The smallest absolute Gasteiger partial charge is 0.243 e. The molecule has 0 fully saturated rings. The number of nitrogens with zero attached hydrogens (tertiary/aromatic N) is 2. The summed E-state index contributed by atoms with van der Waals surface area (Å²) in [6.45, 7) is 9.98. The number of sulfonamides is 1. The normalized spacial score (nSPS) is 13.1. The first-order chi connectivity index (χ1) is 17.4. The van der Waals surface area contributed by atoms with Crippen molar-refractivity contribution in [2.45, 2.75) is 78.9 Å². The van der Waals surface area contributed by atoms with Crippen LogP contribution >= 0.6 is 11.6 Å². The zero-order valence-corrected chi connectivity index (χ0v) is 24.3. The molecule has 0 aromatic heterocycles. The molecule has 2 amide bonds. The van der Waals surface area contributed by atoms with Gasteiger partial charge in [-0.3, -0.25) is 13.9 Å². The highest BCUT2D eigenvalue weighted by Gasteiger charge is 2.30. The molecule has 0 unspecified atom stereocenters. The maximum atomic E-state index is 13.5. The molecule has 0 bridgehead atoms. The van der Waals surface area contributed by atoms with E-state index in [-0.39, 0.29) is 37.4 Å². The minimum atomic E-state index is -3.55. The van der Waals surface area contributed by atoms with Crippen LogP contribution in [0.15, 0.2) is 42.5 Å². The van der Waals surface area contributed by atoms with E-state index >= 15 is 0 Å². The zero-order chi connectivity index (χ0) is 27.8. The Balaban J connectivity index is 2.26. The van der Waals surface area contributed by atoms with Crippen molar-refractivity contribution in [2.24, 2.45) is 0 Å². The quantitative estimate of drug-likeness (QED) is 0.371. The maximum Gasteiger partial charge on any atom is 0.243 e. The summed E-state index contributed by atoms with van der Waals surface area (Å²) in [5.41, 5.74) is 3.26. The van der Waals surface area contributed by atoms with Gasteiger partial charge in [0.1, 0.15) is 6.04 Å². The average molecular weight is 550 g/mol. The molecule has 2 atom stereocenters. The van der Waals surface area contributed by atoms with Gasteiger partial charge in [-0.2, -0.15) is 0 Å².